The molecule has 0 N–H and O–H groups in total. The van der Waals surface area contributed by atoms with Crippen LogP contribution in [0.3, 0.4) is 0 Å². The molecule has 2 aliphatic heterocycles. The maximum absolute atomic E-state index is 16.5. The zero-order chi connectivity index (χ0) is 99.2. The lowest BCUT2D eigenvalue weighted by Crippen LogP contribution is -2.42. The number of nitrogens with zero attached hydrogens (tertiary/aromatic N) is 8. The number of benzene rings is 16. The number of amides is 4. The van der Waals surface area contributed by atoms with Crippen LogP contribution in [0, 0.1) is 23.7 Å². The summed E-state index contributed by atoms with van der Waals surface area (Å²) in [4.78, 5) is 74.9. The van der Waals surface area contributed by atoms with Crippen molar-refractivity contribution < 1.29 is 38.1 Å². The van der Waals surface area contributed by atoms with Crippen LogP contribution in [-0.2, 0) is 34.7 Å². The van der Waals surface area contributed by atoms with E-state index in [0.717, 1.165) is 165 Å². The quantitative estimate of drug-likeness (QED) is 0.0153. The molecule has 0 spiro atoms. The molecule has 0 fully saturated rings. The van der Waals surface area contributed by atoms with Crippen molar-refractivity contribution in [3.63, 3.8) is 0 Å². The molecule has 2 unspecified atom stereocenters. The van der Waals surface area contributed by atoms with Crippen molar-refractivity contribution in [1.82, 2.24) is 0 Å². The summed E-state index contributed by atoms with van der Waals surface area (Å²) in [6, 6.07) is 66.3. The Kier molecular flexibility index (Phi) is 20.8. The summed E-state index contributed by atoms with van der Waals surface area (Å²) in [7, 11) is 0. The Bertz CT molecular complexity index is 7640. The van der Waals surface area contributed by atoms with Gasteiger partial charge in [-0.3, -0.25) is 19.2 Å². The molecule has 16 heteroatoms. The normalized spacial score (nSPS) is 17.5. The largest absolute Gasteiger partial charge is 0.457 e. The number of allylic oxidation sites excluding steroid dienone is 12. The molecule has 4 atom stereocenters. The first kappa shape index (κ1) is 90.5. The number of rotatable bonds is 18. The minimum Gasteiger partial charge on any atom is -0.457 e. The minimum absolute atomic E-state index is 0.0236. The summed E-state index contributed by atoms with van der Waals surface area (Å²) in [5.41, 5.74) is 39.1. The van der Waals surface area contributed by atoms with Crippen LogP contribution in [0.2, 0.25) is 0 Å². The number of carbonyl (C=O) groups excluding carboxylic acids is 4. The van der Waals surface area contributed by atoms with Gasteiger partial charge in [-0.1, -0.05) is 319 Å². The molecular weight excluding hydrogens is 1750 g/mol. The zero-order valence-electron chi connectivity index (χ0n) is 84.0. The van der Waals surface area contributed by atoms with Gasteiger partial charge in [-0.15, -0.1) is 0 Å². The fraction of sp³-hybridized carbons (Fsp3) is 0.270. The van der Waals surface area contributed by atoms with E-state index < -0.39 is 23.6 Å². The van der Waals surface area contributed by atoms with Gasteiger partial charge in [0, 0.05) is 76.6 Å². The highest BCUT2D eigenvalue weighted by molar-refractivity contribution is 6.48. The van der Waals surface area contributed by atoms with Gasteiger partial charge < -0.3 is 18.9 Å². The van der Waals surface area contributed by atoms with E-state index in [9.17, 15) is 11.1 Å². The molecule has 142 heavy (non-hydrogen) atoms. The molecule has 16 nitrogen and oxygen atoms in total. The fourth-order valence-electron chi connectivity index (χ4n) is 23.6. The minimum atomic E-state index is -0.475. The highest BCUT2D eigenvalue weighted by atomic mass is 16.5. The van der Waals surface area contributed by atoms with Gasteiger partial charge in [0.2, 0.25) is 0 Å². The SMILES string of the molecule is CC(C)c1cc(CN=[N+]=[N-])cc(C(C)C)c1N1C(=O)c2cc(Oc3ccc(C(C)(C)C)cc3)c3c4ccc5c6c(ccc(c7c(Oc8ccc(C(C)(C)C)cc8)cc(c2c37)C1=O)c64)C1=C[C@@H]2/C=C\[C@@H]3C=C4C(=CC3/C=C\C2C=C15)c1ccc2c3c(Oc5ccc(C(C)(C)C)cc5)cc5c6c(cc(Oc7ccc(C(C)(C)C)cc7)c(c7ccc4c1c27)c63)C(=O)N(c1c(C(C)C)cc(CN=[N+]=[N-])cc1C(C)C)C5=O. The molecule has 0 saturated heterocycles. The third kappa shape index (κ3) is 14.2. The Hall–Kier alpha value is -15.3. The maximum Gasteiger partial charge on any atom is 0.266 e. The van der Waals surface area contributed by atoms with Gasteiger partial charge in [0.15, 0.2) is 0 Å². The van der Waals surface area contributed by atoms with Crippen molar-refractivity contribution in [3.05, 3.63) is 364 Å². The molecule has 16 aromatic carbocycles. The summed E-state index contributed by atoms with van der Waals surface area (Å²) < 4.78 is 29.6. The number of ether oxygens (including phenoxy) is 4. The van der Waals surface area contributed by atoms with Crippen molar-refractivity contribution in [2.45, 2.75) is 197 Å². The summed E-state index contributed by atoms with van der Waals surface area (Å²) in [5, 5.41) is 21.2. The monoisotopic (exact) mass is 1860 g/mol. The standard InChI is InChI=1S/C126H112N8O8/c1-63(2)89-49-67(61-129-131-127)50-90(64(3)4)117(89)133-119(135)97-57-101(139-77-33-25-73(26-34-77)123(9,10)11)111-85-45-41-81-93-53-69-21-23-71-55-95-83-43-47-87-108-88(48-44-84(106(83)108)96(95)56-72(71)24-22-70(69)54-94(93)82-42-46-86(107(85)105(81)82)112-102(58-98(120(133)136)109(97)115(111)112)140-78-35-27-74(28-36-78)124(12,13)14)114-104(142-80-39-31-76(32-40-80)126(18,19)20)60-100-110-99(59-103(113(87)116(110)114)141-79-37-29-75(30-38-79)125(15,16)17)121(137)134(122(100)138)118-91(65(5)6)51-68(62-130-132-128)52-92(118)66(7)8/h21-60,63-66,69-72H,61-62H2,1-20H3/b23-21-,24-22-/t69-,70?,71+,72?. The third-order valence-electron chi connectivity index (χ3n) is 30.8. The molecule has 4 amide bonds. The highest BCUT2D eigenvalue weighted by Crippen LogP contribution is 2.62. The van der Waals surface area contributed by atoms with E-state index in [1.54, 1.807) is 0 Å². The van der Waals surface area contributed by atoms with E-state index in [2.05, 4.69) is 304 Å². The second-order valence-electron chi connectivity index (χ2n) is 45.3. The van der Waals surface area contributed by atoms with Crippen LogP contribution in [0.15, 0.2) is 253 Å². The maximum atomic E-state index is 16.5. The van der Waals surface area contributed by atoms with Crippen LogP contribution in [0.1, 0.15) is 281 Å². The van der Waals surface area contributed by atoms with Gasteiger partial charge in [-0.05, 0) is 272 Å². The summed E-state index contributed by atoms with van der Waals surface area (Å²) in [6.45, 7) is 43.0. The number of imide groups is 2. The topological polar surface area (TPSA) is 209 Å². The van der Waals surface area contributed by atoms with Gasteiger partial charge in [-0.25, -0.2) is 9.80 Å². The lowest BCUT2D eigenvalue weighted by molar-refractivity contribution is 0.0877. The van der Waals surface area contributed by atoms with Crippen molar-refractivity contribution in [2.75, 3.05) is 9.80 Å². The van der Waals surface area contributed by atoms with Crippen LogP contribution in [0.25, 0.3) is 129 Å². The number of anilines is 2. The average molecular weight is 1870 g/mol. The smallest absolute Gasteiger partial charge is 0.266 e. The van der Waals surface area contributed by atoms with E-state index in [4.69, 9.17) is 18.9 Å². The van der Waals surface area contributed by atoms with Gasteiger partial charge in [0.25, 0.3) is 23.6 Å². The summed E-state index contributed by atoms with van der Waals surface area (Å²) in [5.74, 6) is 1.57. The molecule has 23 rings (SSSR count). The highest BCUT2D eigenvalue weighted by Gasteiger charge is 2.46. The zero-order valence-corrected chi connectivity index (χ0v) is 84.0. The molecule has 704 valence electrons. The Balaban J connectivity index is 0.680. The van der Waals surface area contributed by atoms with Gasteiger partial charge in [-0.2, -0.15) is 0 Å². The summed E-state index contributed by atoms with van der Waals surface area (Å²) >= 11 is 0. The number of hydrogen-bond donors (Lipinski definition) is 0. The fourth-order valence-corrected chi connectivity index (χ4v) is 23.6. The third-order valence-corrected chi connectivity index (χ3v) is 30.8. The van der Waals surface area contributed by atoms with Crippen molar-refractivity contribution in [1.29, 1.82) is 0 Å². The predicted molar refractivity (Wildman–Crippen MR) is 578 cm³/mol. The number of hydrogen-bond acceptors (Lipinski definition) is 10. The van der Waals surface area contributed by atoms with Crippen LogP contribution in [0.4, 0.5) is 11.4 Å². The molecule has 0 bridgehead atoms. The number of fused-ring (bicyclic) bond motifs is 12. The van der Waals surface area contributed by atoms with Crippen LogP contribution in [0.5, 0.6) is 46.0 Å². The molecule has 16 aromatic rings. The Morgan fingerprint density at radius 3 is 0.704 bits per heavy atom. The van der Waals surface area contributed by atoms with E-state index in [1.165, 1.54) is 9.80 Å². The molecule has 0 saturated carbocycles. The van der Waals surface area contributed by atoms with Crippen molar-refractivity contribution in [3.8, 4) is 46.0 Å². The predicted octanol–water partition coefficient (Wildman–Crippen LogP) is 34.7. The molecule has 5 aliphatic carbocycles. The van der Waals surface area contributed by atoms with E-state index in [0.29, 0.717) is 101 Å². The van der Waals surface area contributed by atoms with Gasteiger partial charge in [0.05, 0.1) is 46.7 Å². The van der Waals surface area contributed by atoms with Crippen LogP contribution >= 0.6 is 0 Å². The van der Waals surface area contributed by atoms with Crippen molar-refractivity contribution >= 4 is 143 Å². The molecule has 0 aromatic heterocycles. The molecule has 2 heterocycles. The second-order valence-corrected chi connectivity index (χ2v) is 45.3. The number of carbonyl (C=O) groups is 4. The lowest BCUT2D eigenvalue weighted by Gasteiger charge is -2.34. The first-order valence-electron chi connectivity index (χ1n) is 49.9. The second kappa shape index (κ2) is 32.6. The molecule has 0 radical (unpaired) electrons. The molecule has 7 aliphatic rings. The van der Waals surface area contributed by atoms with Gasteiger partial charge in [0.1, 0.15) is 46.0 Å². The lowest BCUT2D eigenvalue weighted by atomic mass is 9.75. The van der Waals surface area contributed by atoms with Crippen LogP contribution in [-0.4, -0.2) is 23.6 Å². The first-order chi connectivity index (χ1) is 67.8. The summed E-state index contributed by atoms with van der Waals surface area (Å²) in [6.07, 6.45) is 19.7. The number of azide groups is 2. The van der Waals surface area contributed by atoms with E-state index >= 15 is 19.2 Å². The Labute approximate surface area is 826 Å². The van der Waals surface area contributed by atoms with E-state index in [-0.39, 0.29) is 82.1 Å². The van der Waals surface area contributed by atoms with Crippen LogP contribution < -0.4 is 28.7 Å². The first-order valence-corrected chi connectivity index (χ1v) is 49.9. The molecular formula is C126H112N8O8. The van der Waals surface area contributed by atoms with Gasteiger partial charge >= 0.3 is 0 Å². The van der Waals surface area contributed by atoms with Crippen molar-refractivity contribution in [2.24, 2.45) is 33.9 Å². The van der Waals surface area contributed by atoms with E-state index in [1.807, 2.05) is 97.1 Å². The Morgan fingerprint density at radius 1 is 0.282 bits per heavy atom. The average Bonchev–Trinajstić information content (AvgIpc) is 1.38. The Morgan fingerprint density at radius 2 is 0.500 bits per heavy atom.